The average molecular weight is 289 g/mol. The summed E-state index contributed by atoms with van der Waals surface area (Å²) in [6, 6.07) is 12.1. The van der Waals surface area contributed by atoms with E-state index in [2.05, 4.69) is 22.2 Å². The Balaban J connectivity index is 1.90. The van der Waals surface area contributed by atoms with Gasteiger partial charge in [-0.15, -0.1) is 0 Å². The van der Waals surface area contributed by atoms with Crippen molar-refractivity contribution in [1.29, 1.82) is 0 Å². The number of benzene rings is 2. The summed E-state index contributed by atoms with van der Waals surface area (Å²) in [4.78, 5) is 0. The van der Waals surface area contributed by atoms with Gasteiger partial charge in [-0.3, -0.25) is 10.9 Å². The third-order valence-electron chi connectivity index (χ3n) is 2.79. The number of aryl methyl sites for hydroxylation is 2. The molecule has 20 heavy (non-hydrogen) atoms. The monoisotopic (exact) mass is 289 g/mol. The Kier molecular flexibility index (Phi) is 4.53. The second-order valence-corrected chi connectivity index (χ2v) is 4.94. The number of hydrogen-bond donors (Lipinski definition) is 3. The molecule has 0 fully saturated rings. The van der Waals surface area contributed by atoms with Gasteiger partial charge >= 0.3 is 0 Å². The standard InChI is InChI=1S/C15H16FN3S/c1-10-3-8-14(11(2)9-10)18-19-15(20)17-13-6-4-12(16)5-7-13/h3-9,18H,1-2H3,(H2,17,19,20). The fraction of sp³-hybridized carbons (Fsp3) is 0.133. The Labute approximate surface area is 123 Å². The lowest BCUT2D eigenvalue weighted by Gasteiger charge is -2.14. The van der Waals surface area contributed by atoms with E-state index < -0.39 is 0 Å². The smallest absolute Gasteiger partial charge is 0.189 e. The topological polar surface area (TPSA) is 36.1 Å². The highest BCUT2D eigenvalue weighted by atomic mass is 32.1. The van der Waals surface area contributed by atoms with Crippen LogP contribution in [0.4, 0.5) is 15.8 Å². The number of thiocarbonyl (C=S) groups is 1. The predicted molar refractivity (Wildman–Crippen MR) is 85.3 cm³/mol. The van der Waals surface area contributed by atoms with E-state index >= 15 is 0 Å². The van der Waals surface area contributed by atoms with Gasteiger partial charge < -0.3 is 5.32 Å². The van der Waals surface area contributed by atoms with Gasteiger partial charge in [-0.1, -0.05) is 17.7 Å². The fourth-order valence-corrected chi connectivity index (χ4v) is 1.94. The lowest BCUT2D eigenvalue weighted by molar-refractivity contribution is 0.628. The van der Waals surface area contributed by atoms with E-state index in [1.165, 1.54) is 17.7 Å². The number of anilines is 2. The summed E-state index contributed by atoms with van der Waals surface area (Å²) < 4.78 is 12.8. The number of hydrazine groups is 1. The molecule has 0 aliphatic carbocycles. The van der Waals surface area contributed by atoms with Crippen molar-refractivity contribution in [3.63, 3.8) is 0 Å². The molecule has 3 nitrogen and oxygen atoms in total. The Morgan fingerprint density at radius 1 is 1.05 bits per heavy atom. The van der Waals surface area contributed by atoms with E-state index in [9.17, 15) is 4.39 Å². The van der Waals surface area contributed by atoms with Crippen molar-refractivity contribution < 1.29 is 4.39 Å². The molecule has 0 radical (unpaired) electrons. The van der Waals surface area contributed by atoms with E-state index in [0.29, 0.717) is 5.11 Å². The lowest BCUT2D eigenvalue weighted by atomic mass is 10.1. The van der Waals surface area contributed by atoms with Crippen LogP contribution in [0.15, 0.2) is 42.5 Å². The maximum atomic E-state index is 12.8. The first-order valence-corrected chi connectivity index (χ1v) is 6.61. The molecule has 0 aliphatic rings. The maximum Gasteiger partial charge on any atom is 0.189 e. The molecule has 0 spiro atoms. The third kappa shape index (κ3) is 3.93. The first-order chi connectivity index (χ1) is 9.54. The molecule has 0 bridgehead atoms. The van der Waals surface area contributed by atoms with Crippen LogP contribution in [-0.2, 0) is 0 Å². The molecule has 104 valence electrons. The summed E-state index contributed by atoms with van der Waals surface area (Å²) in [5, 5.41) is 3.37. The molecule has 0 aliphatic heterocycles. The van der Waals surface area contributed by atoms with E-state index in [4.69, 9.17) is 12.2 Å². The van der Waals surface area contributed by atoms with Crippen molar-refractivity contribution in [3.8, 4) is 0 Å². The van der Waals surface area contributed by atoms with Crippen LogP contribution in [0.1, 0.15) is 11.1 Å². The largest absolute Gasteiger partial charge is 0.331 e. The molecule has 2 aromatic rings. The number of halogens is 1. The zero-order valence-electron chi connectivity index (χ0n) is 11.3. The molecular weight excluding hydrogens is 273 g/mol. The van der Waals surface area contributed by atoms with Crippen LogP contribution < -0.4 is 16.2 Å². The minimum atomic E-state index is -0.275. The zero-order chi connectivity index (χ0) is 14.5. The summed E-state index contributed by atoms with van der Waals surface area (Å²) in [5.74, 6) is -0.275. The molecule has 3 N–H and O–H groups in total. The normalized spacial score (nSPS) is 9.95. The van der Waals surface area contributed by atoms with Gasteiger partial charge in [-0.2, -0.15) is 0 Å². The number of rotatable bonds is 3. The van der Waals surface area contributed by atoms with Crippen molar-refractivity contribution in [2.24, 2.45) is 0 Å². The molecule has 0 saturated carbocycles. The molecule has 0 heterocycles. The number of nitrogens with one attached hydrogen (secondary N) is 3. The predicted octanol–water partition coefficient (Wildman–Crippen LogP) is 3.76. The fourth-order valence-electron chi connectivity index (χ4n) is 1.77. The highest BCUT2D eigenvalue weighted by molar-refractivity contribution is 7.80. The van der Waals surface area contributed by atoms with Crippen LogP contribution in [0.2, 0.25) is 0 Å². The molecular formula is C15H16FN3S. The molecule has 2 rings (SSSR count). The van der Waals surface area contributed by atoms with Gasteiger partial charge in [0.2, 0.25) is 0 Å². The summed E-state index contributed by atoms with van der Waals surface area (Å²) in [5.41, 5.74) is 9.96. The van der Waals surface area contributed by atoms with Crippen LogP contribution in [0, 0.1) is 19.7 Å². The molecule has 0 aromatic heterocycles. The minimum absolute atomic E-state index is 0.275. The second-order valence-electron chi connectivity index (χ2n) is 4.53. The quantitative estimate of drug-likeness (QED) is 0.594. The molecule has 0 unspecified atom stereocenters. The van der Waals surface area contributed by atoms with Crippen molar-refractivity contribution >= 4 is 28.7 Å². The van der Waals surface area contributed by atoms with Crippen LogP contribution in [0.25, 0.3) is 0 Å². The molecule has 0 amide bonds. The van der Waals surface area contributed by atoms with Crippen LogP contribution in [0.3, 0.4) is 0 Å². The zero-order valence-corrected chi connectivity index (χ0v) is 12.1. The van der Waals surface area contributed by atoms with Gasteiger partial charge in [0, 0.05) is 5.69 Å². The van der Waals surface area contributed by atoms with Gasteiger partial charge in [0.15, 0.2) is 5.11 Å². The second kappa shape index (κ2) is 6.34. The van der Waals surface area contributed by atoms with Crippen LogP contribution in [-0.4, -0.2) is 5.11 Å². The van der Waals surface area contributed by atoms with Gasteiger partial charge in [-0.25, -0.2) is 4.39 Å². The molecule has 0 atom stereocenters. The van der Waals surface area contributed by atoms with E-state index in [1.54, 1.807) is 12.1 Å². The van der Waals surface area contributed by atoms with Crippen molar-refractivity contribution in [2.45, 2.75) is 13.8 Å². The average Bonchev–Trinajstić information content (AvgIpc) is 2.40. The molecule has 0 saturated heterocycles. The highest BCUT2D eigenvalue weighted by Gasteiger charge is 2.00. The molecule has 2 aromatic carbocycles. The van der Waals surface area contributed by atoms with Crippen molar-refractivity contribution in [3.05, 3.63) is 59.4 Å². The first-order valence-electron chi connectivity index (χ1n) is 6.20. The Morgan fingerprint density at radius 3 is 2.40 bits per heavy atom. The van der Waals surface area contributed by atoms with Crippen molar-refractivity contribution in [2.75, 3.05) is 10.7 Å². The van der Waals surface area contributed by atoms with Gasteiger partial charge in [0.1, 0.15) is 5.82 Å². The molecule has 5 heteroatoms. The van der Waals surface area contributed by atoms with Gasteiger partial charge in [0.05, 0.1) is 5.69 Å². The first kappa shape index (κ1) is 14.3. The Bertz CT molecular complexity index is 611. The minimum Gasteiger partial charge on any atom is -0.331 e. The van der Waals surface area contributed by atoms with E-state index in [-0.39, 0.29) is 5.82 Å². The summed E-state index contributed by atoms with van der Waals surface area (Å²) >= 11 is 5.16. The van der Waals surface area contributed by atoms with Gasteiger partial charge in [0.25, 0.3) is 0 Å². The van der Waals surface area contributed by atoms with Gasteiger partial charge in [-0.05, 0) is 62.0 Å². The van der Waals surface area contributed by atoms with E-state index in [0.717, 1.165) is 16.9 Å². The summed E-state index contributed by atoms with van der Waals surface area (Å²) in [6.45, 7) is 4.07. The van der Waals surface area contributed by atoms with Crippen molar-refractivity contribution in [1.82, 2.24) is 5.43 Å². The highest BCUT2D eigenvalue weighted by Crippen LogP contribution is 2.15. The van der Waals surface area contributed by atoms with Crippen LogP contribution >= 0.6 is 12.2 Å². The summed E-state index contributed by atoms with van der Waals surface area (Å²) in [7, 11) is 0. The maximum absolute atomic E-state index is 12.8. The Hall–Kier alpha value is -2.14. The lowest BCUT2D eigenvalue weighted by Crippen LogP contribution is -2.33. The van der Waals surface area contributed by atoms with E-state index in [1.807, 2.05) is 26.0 Å². The SMILES string of the molecule is Cc1ccc(NNC(=S)Nc2ccc(F)cc2)c(C)c1. The number of hydrogen-bond acceptors (Lipinski definition) is 2. The summed E-state index contributed by atoms with van der Waals surface area (Å²) in [6.07, 6.45) is 0. The third-order valence-corrected chi connectivity index (χ3v) is 3.00. The Morgan fingerprint density at radius 2 is 1.75 bits per heavy atom. The van der Waals surface area contributed by atoms with Crippen LogP contribution in [0.5, 0.6) is 0 Å².